The minimum absolute atomic E-state index is 0.00283. The van der Waals surface area contributed by atoms with Gasteiger partial charge in [0.25, 0.3) is 11.8 Å². The number of para-hydroxylation sites is 1. The van der Waals surface area contributed by atoms with Crippen LogP contribution in [0.2, 0.25) is 0 Å². The SMILES string of the molecule is CS[C@@]1(C(C)C)NC(=O)[C@](O)(Cc2c[nH]c3ccccc23)NC1=O. The van der Waals surface area contributed by atoms with Gasteiger partial charge in [-0.25, -0.2) is 0 Å². The number of thioether (sulfide) groups is 1. The van der Waals surface area contributed by atoms with Gasteiger partial charge in [-0.1, -0.05) is 32.0 Å². The van der Waals surface area contributed by atoms with E-state index in [1.807, 2.05) is 38.1 Å². The Morgan fingerprint density at radius 3 is 2.54 bits per heavy atom. The van der Waals surface area contributed by atoms with Gasteiger partial charge in [0.1, 0.15) is 0 Å². The van der Waals surface area contributed by atoms with E-state index < -0.39 is 16.5 Å². The largest absolute Gasteiger partial charge is 0.363 e. The van der Waals surface area contributed by atoms with E-state index in [1.54, 1.807) is 12.5 Å². The highest BCUT2D eigenvalue weighted by Gasteiger charge is 2.54. The fourth-order valence-electron chi connectivity index (χ4n) is 3.13. The Kier molecular flexibility index (Phi) is 4.09. The maximum absolute atomic E-state index is 12.6. The van der Waals surface area contributed by atoms with Crippen molar-refractivity contribution >= 4 is 34.5 Å². The van der Waals surface area contributed by atoms with E-state index in [-0.39, 0.29) is 18.2 Å². The zero-order chi connectivity index (χ0) is 17.5. The molecule has 1 aliphatic heterocycles. The van der Waals surface area contributed by atoms with Crippen molar-refractivity contribution in [2.75, 3.05) is 6.26 Å². The highest BCUT2D eigenvalue weighted by atomic mass is 32.2. The predicted molar refractivity (Wildman–Crippen MR) is 94.3 cm³/mol. The summed E-state index contributed by atoms with van der Waals surface area (Å²) in [6, 6.07) is 7.62. The molecule has 1 aromatic carbocycles. The molecular weight excluding hydrogens is 326 g/mol. The molecule has 2 aromatic rings. The van der Waals surface area contributed by atoms with Crippen molar-refractivity contribution in [3.63, 3.8) is 0 Å². The van der Waals surface area contributed by atoms with Crippen molar-refractivity contribution in [3.8, 4) is 0 Å². The lowest BCUT2D eigenvalue weighted by Crippen LogP contribution is -2.75. The van der Waals surface area contributed by atoms with Gasteiger partial charge < -0.3 is 20.7 Å². The number of carbonyl (C=O) groups is 2. The van der Waals surface area contributed by atoms with Gasteiger partial charge in [-0.3, -0.25) is 9.59 Å². The molecule has 1 aromatic heterocycles. The topological polar surface area (TPSA) is 94.2 Å². The molecule has 0 radical (unpaired) electrons. The Hall–Kier alpha value is -1.99. The number of aromatic amines is 1. The lowest BCUT2D eigenvalue weighted by Gasteiger charge is -2.44. The van der Waals surface area contributed by atoms with Crippen LogP contribution in [-0.2, 0) is 16.0 Å². The molecule has 0 unspecified atom stereocenters. The van der Waals surface area contributed by atoms with Gasteiger partial charge in [-0.15, -0.1) is 11.8 Å². The number of nitrogens with one attached hydrogen (secondary N) is 3. The van der Waals surface area contributed by atoms with Gasteiger partial charge in [0.2, 0.25) is 5.72 Å². The van der Waals surface area contributed by atoms with E-state index >= 15 is 0 Å². The maximum Gasteiger partial charge on any atom is 0.275 e. The average Bonchev–Trinajstić information content (AvgIpc) is 2.94. The summed E-state index contributed by atoms with van der Waals surface area (Å²) in [5, 5.41) is 17.0. The molecule has 3 rings (SSSR count). The molecule has 128 valence electrons. The van der Waals surface area contributed by atoms with Crippen LogP contribution < -0.4 is 10.6 Å². The number of hydrogen-bond acceptors (Lipinski definition) is 4. The summed E-state index contributed by atoms with van der Waals surface area (Å²) in [6.07, 6.45) is 3.52. The third-order valence-corrected chi connectivity index (χ3v) is 5.99. The number of carbonyl (C=O) groups excluding carboxylic acids is 2. The van der Waals surface area contributed by atoms with Crippen molar-refractivity contribution in [2.45, 2.75) is 30.9 Å². The first kappa shape index (κ1) is 16.9. The van der Waals surface area contributed by atoms with Gasteiger partial charge in [0, 0.05) is 23.5 Å². The van der Waals surface area contributed by atoms with Gasteiger partial charge in [-0.05, 0) is 23.8 Å². The molecule has 0 saturated carbocycles. The van der Waals surface area contributed by atoms with E-state index in [0.717, 1.165) is 16.5 Å². The quantitative estimate of drug-likeness (QED) is 0.672. The van der Waals surface area contributed by atoms with Crippen LogP contribution in [-0.4, -0.2) is 38.8 Å². The van der Waals surface area contributed by atoms with Crippen LogP contribution in [0.3, 0.4) is 0 Å². The first-order valence-corrected chi connectivity index (χ1v) is 9.02. The van der Waals surface area contributed by atoms with Crippen LogP contribution in [0.1, 0.15) is 19.4 Å². The summed E-state index contributed by atoms with van der Waals surface area (Å²) in [6.45, 7) is 3.72. The molecule has 7 heteroatoms. The van der Waals surface area contributed by atoms with Crippen molar-refractivity contribution in [2.24, 2.45) is 5.92 Å². The molecule has 2 heterocycles. The Morgan fingerprint density at radius 2 is 1.88 bits per heavy atom. The minimum atomic E-state index is -1.96. The van der Waals surface area contributed by atoms with Crippen LogP contribution in [0.25, 0.3) is 10.9 Å². The fourth-order valence-corrected chi connectivity index (χ4v) is 4.03. The third kappa shape index (κ3) is 2.48. The van der Waals surface area contributed by atoms with E-state index in [9.17, 15) is 14.7 Å². The van der Waals surface area contributed by atoms with Gasteiger partial charge in [0.15, 0.2) is 4.87 Å². The number of hydrogen-bond donors (Lipinski definition) is 4. The second-order valence-corrected chi connectivity index (χ2v) is 7.45. The van der Waals surface area contributed by atoms with E-state index in [0.29, 0.717) is 0 Å². The predicted octanol–water partition coefficient (Wildman–Crippen LogP) is 1.36. The lowest BCUT2D eigenvalue weighted by atomic mass is 9.93. The van der Waals surface area contributed by atoms with Crippen LogP contribution in [0, 0.1) is 5.92 Å². The summed E-state index contributed by atoms with van der Waals surface area (Å²) < 4.78 is 0. The van der Waals surface area contributed by atoms with Crippen LogP contribution >= 0.6 is 11.8 Å². The maximum atomic E-state index is 12.6. The van der Waals surface area contributed by atoms with Gasteiger partial charge >= 0.3 is 0 Å². The van der Waals surface area contributed by atoms with E-state index in [4.69, 9.17) is 0 Å². The number of amides is 2. The summed E-state index contributed by atoms with van der Waals surface area (Å²) >= 11 is 1.26. The summed E-state index contributed by atoms with van der Waals surface area (Å²) in [5.41, 5.74) is -0.278. The smallest absolute Gasteiger partial charge is 0.275 e. The second-order valence-electron chi connectivity index (χ2n) is 6.40. The molecule has 24 heavy (non-hydrogen) atoms. The molecule has 6 nitrogen and oxygen atoms in total. The number of aromatic nitrogens is 1. The van der Waals surface area contributed by atoms with Crippen molar-refractivity contribution in [1.29, 1.82) is 0 Å². The molecule has 0 spiro atoms. The number of fused-ring (bicyclic) bond motifs is 1. The average molecular weight is 347 g/mol. The zero-order valence-electron chi connectivity index (χ0n) is 13.8. The lowest BCUT2D eigenvalue weighted by molar-refractivity contribution is -0.159. The molecular formula is C17H21N3O3S. The summed E-state index contributed by atoms with van der Waals surface area (Å²) in [4.78, 5) is 27.3. The molecule has 1 fully saturated rings. The van der Waals surface area contributed by atoms with Crippen LogP contribution in [0.4, 0.5) is 0 Å². The Labute approximate surface area is 144 Å². The highest BCUT2D eigenvalue weighted by molar-refractivity contribution is 8.00. The fraction of sp³-hybridized carbons (Fsp3) is 0.412. The zero-order valence-corrected chi connectivity index (χ0v) is 14.7. The van der Waals surface area contributed by atoms with Gasteiger partial charge in [-0.2, -0.15) is 0 Å². The molecule has 1 aliphatic rings. The van der Waals surface area contributed by atoms with Gasteiger partial charge in [0.05, 0.1) is 0 Å². The molecule has 1 saturated heterocycles. The number of aliphatic hydroxyl groups is 1. The normalized spacial score (nSPS) is 27.4. The van der Waals surface area contributed by atoms with Crippen molar-refractivity contribution in [3.05, 3.63) is 36.0 Å². The Morgan fingerprint density at radius 1 is 1.17 bits per heavy atom. The monoisotopic (exact) mass is 347 g/mol. The molecule has 2 atom stereocenters. The second kappa shape index (κ2) is 5.82. The highest BCUT2D eigenvalue weighted by Crippen LogP contribution is 2.33. The summed E-state index contributed by atoms with van der Waals surface area (Å²) in [5.74, 6) is -1.09. The molecule has 4 N–H and O–H groups in total. The number of H-pyrrole nitrogens is 1. The molecule has 0 bridgehead atoms. The minimum Gasteiger partial charge on any atom is -0.363 e. The number of piperazine rings is 1. The van der Waals surface area contributed by atoms with Crippen molar-refractivity contribution in [1.82, 2.24) is 15.6 Å². The van der Waals surface area contributed by atoms with E-state index in [2.05, 4.69) is 15.6 Å². The van der Waals surface area contributed by atoms with Crippen LogP contribution in [0.15, 0.2) is 30.5 Å². The standard InChI is InChI=1S/C17H21N3O3S/c1-10(2)17(24-3)15(22)19-16(23,14(21)20-17)8-11-9-18-13-7-5-4-6-12(11)13/h4-7,9-10,18,23H,8H2,1-3H3,(H,19,22)(H,20,21)/t16-,17-/m1/s1. The first-order valence-electron chi connectivity index (χ1n) is 7.80. The summed E-state index contributed by atoms with van der Waals surface area (Å²) in [7, 11) is 0. The third-order valence-electron chi connectivity index (χ3n) is 4.59. The van der Waals surface area contributed by atoms with Crippen molar-refractivity contribution < 1.29 is 14.7 Å². The number of rotatable bonds is 4. The number of benzene rings is 1. The van der Waals surface area contributed by atoms with Crippen LogP contribution in [0.5, 0.6) is 0 Å². The van der Waals surface area contributed by atoms with E-state index in [1.165, 1.54) is 11.8 Å². The molecule has 2 amide bonds. The Bertz CT molecular complexity index is 803. The first-order chi connectivity index (χ1) is 11.3. The molecule has 0 aliphatic carbocycles. The Balaban J connectivity index is 1.92.